The van der Waals surface area contributed by atoms with Gasteiger partial charge in [0.15, 0.2) is 0 Å². The number of anilines is 1. The third-order valence-electron chi connectivity index (χ3n) is 2.95. The molecule has 3 N–H and O–H groups in total. The molecular weight excluding hydrogens is 278 g/mol. The Bertz CT molecular complexity index is 621. The molecule has 1 heterocycles. The van der Waals surface area contributed by atoms with Crippen LogP contribution in [0.15, 0.2) is 30.5 Å². The molecule has 112 valence electrons. The molecular formula is C14H16F2N4O. The number of nitrogens with one attached hydrogen (secondary N) is 1. The highest BCUT2D eigenvalue weighted by atomic mass is 19.1. The van der Waals surface area contributed by atoms with Crippen LogP contribution in [-0.2, 0) is 17.8 Å². The topological polar surface area (TPSA) is 72.9 Å². The predicted octanol–water partition coefficient (Wildman–Crippen LogP) is 1.49. The molecule has 0 radical (unpaired) electrons. The van der Waals surface area contributed by atoms with Gasteiger partial charge in [0.25, 0.3) is 0 Å². The van der Waals surface area contributed by atoms with Crippen molar-refractivity contribution < 1.29 is 13.6 Å². The van der Waals surface area contributed by atoms with Crippen LogP contribution < -0.4 is 11.1 Å². The Hall–Kier alpha value is -2.44. The van der Waals surface area contributed by atoms with Crippen LogP contribution in [0.1, 0.15) is 12.5 Å². The van der Waals surface area contributed by atoms with Crippen molar-refractivity contribution in [3.8, 4) is 0 Å². The molecule has 1 aromatic heterocycles. The first-order valence-corrected chi connectivity index (χ1v) is 6.47. The standard InChI is InChI=1S/C14H16F2N4O/c1-9(7-10-11(15)3-2-4-12(10)16)18-14(21)8-20-6-5-13(17)19-20/h2-6,9H,7-8H2,1H3,(H2,17,19)(H,18,21). The molecule has 5 nitrogen and oxygen atoms in total. The van der Waals surface area contributed by atoms with Crippen molar-refractivity contribution in [2.45, 2.75) is 25.9 Å². The zero-order chi connectivity index (χ0) is 15.4. The van der Waals surface area contributed by atoms with Gasteiger partial charge in [0, 0.05) is 17.8 Å². The maximum atomic E-state index is 13.5. The summed E-state index contributed by atoms with van der Waals surface area (Å²) in [5.74, 6) is -1.21. The summed E-state index contributed by atoms with van der Waals surface area (Å²) < 4.78 is 28.4. The molecule has 0 spiro atoms. The molecule has 21 heavy (non-hydrogen) atoms. The molecule has 0 aliphatic rings. The average molecular weight is 294 g/mol. The number of halogens is 2. The van der Waals surface area contributed by atoms with E-state index in [1.807, 2.05) is 0 Å². The van der Waals surface area contributed by atoms with Gasteiger partial charge in [0.05, 0.1) is 0 Å². The van der Waals surface area contributed by atoms with E-state index in [1.54, 1.807) is 19.2 Å². The number of nitrogens with zero attached hydrogens (tertiary/aromatic N) is 2. The number of aromatic nitrogens is 2. The van der Waals surface area contributed by atoms with E-state index in [1.165, 1.54) is 22.9 Å². The van der Waals surface area contributed by atoms with Gasteiger partial charge >= 0.3 is 0 Å². The van der Waals surface area contributed by atoms with Crippen LogP contribution in [0.4, 0.5) is 14.6 Å². The zero-order valence-corrected chi connectivity index (χ0v) is 11.5. The van der Waals surface area contributed by atoms with Gasteiger partial charge in [-0.2, -0.15) is 5.10 Å². The van der Waals surface area contributed by atoms with Gasteiger partial charge in [-0.15, -0.1) is 0 Å². The van der Waals surface area contributed by atoms with Crippen LogP contribution in [0.5, 0.6) is 0 Å². The number of rotatable bonds is 5. The van der Waals surface area contributed by atoms with Crippen molar-refractivity contribution in [3.05, 3.63) is 47.7 Å². The second-order valence-corrected chi connectivity index (χ2v) is 4.81. The van der Waals surface area contributed by atoms with Crippen molar-refractivity contribution in [1.82, 2.24) is 15.1 Å². The summed E-state index contributed by atoms with van der Waals surface area (Å²) >= 11 is 0. The highest BCUT2D eigenvalue weighted by Gasteiger charge is 2.14. The number of benzene rings is 1. The Balaban J connectivity index is 1.92. The molecule has 2 rings (SSSR count). The second-order valence-electron chi connectivity index (χ2n) is 4.81. The highest BCUT2D eigenvalue weighted by Crippen LogP contribution is 2.14. The summed E-state index contributed by atoms with van der Waals surface area (Å²) in [6.07, 6.45) is 1.65. The van der Waals surface area contributed by atoms with Gasteiger partial charge in [-0.1, -0.05) is 6.07 Å². The minimum atomic E-state index is -0.615. The fourth-order valence-corrected chi connectivity index (χ4v) is 2.02. The van der Waals surface area contributed by atoms with Gasteiger partial charge in [-0.05, 0) is 31.5 Å². The normalized spacial score (nSPS) is 12.1. The Kier molecular flexibility index (Phi) is 4.52. The van der Waals surface area contributed by atoms with E-state index >= 15 is 0 Å². The van der Waals surface area contributed by atoms with E-state index in [0.29, 0.717) is 5.82 Å². The number of hydrogen-bond acceptors (Lipinski definition) is 3. The van der Waals surface area contributed by atoms with Gasteiger partial charge < -0.3 is 11.1 Å². The van der Waals surface area contributed by atoms with Crippen molar-refractivity contribution in [1.29, 1.82) is 0 Å². The molecule has 7 heteroatoms. The van der Waals surface area contributed by atoms with E-state index < -0.39 is 17.7 Å². The molecule has 2 aromatic rings. The van der Waals surface area contributed by atoms with Crippen LogP contribution in [0.2, 0.25) is 0 Å². The van der Waals surface area contributed by atoms with Crippen molar-refractivity contribution in [3.63, 3.8) is 0 Å². The van der Waals surface area contributed by atoms with Crippen molar-refractivity contribution >= 4 is 11.7 Å². The molecule has 1 unspecified atom stereocenters. The number of carbonyl (C=O) groups is 1. The Morgan fingerprint density at radius 1 is 1.38 bits per heavy atom. The van der Waals surface area contributed by atoms with Crippen LogP contribution in [0.3, 0.4) is 0 Å². The Morgan fingerprint density at radius 3 is 2.62 bits per heavy atom. The average Bonchev–Trinajstić information content (AvgIpc) is 2.79. The van der Waals surface area contributed by atoms with Crippen LogP contribution in [0, 0.1) is 11.6 Å². The van der Waals surface area contributed by atoms with Crippen molar-refractivity contribution in [2.24, 2.45) is 0 Å². The summed E-state index contributed by atoms with van der Waals surface area (Å²) in [5.41, 5.74) is 5.41. The summed E-state index contributed by atoms with van der Waals surface area (Å²) in [7, 11) is 0. The largest absolute Gasteiger partial charge is 0.382 e. The minimum absolute atomic E-state index is 0.00128. The number of nitrogens with two attached hydrogens (primary N) is 1. The smallest absolute Gasteiger partial charge is 0.241 e. The first-order chi connectivity index (χ1) is 9.95. The predicted molar refractivity (Wildman–Crippen MR) is 74.3 cm³/mol. The van der Waals surface area contributed by atoms with Crippen LogP contribution in [0.25, 0.3) is 0 Å². The van der Waals surface area contributed by atoms with Crippen LogP contribution in [-0.4, -0.2) is 21.7 Å². The minimum Gasteiger partial charge on any atom is -0.382 e. The van der Waals surface area contributed by atoms with E-state index in [2.05, 4.69) is 10.4 Å². The monoisotopic (exact) mass is 294 g/mol. The lowest BCUT2D eigenvalue weighted by Crippen LogP contribution is -2.36. The maximum absolute atomic E-state index is 13.5. The summed E-state index contributed by atoms with van der Waals surface area (Å²) in [6.45, 7) is 1.68. The maximum Gasteiger partial charge on any atom is 0.241 e. The molecule has 0 fully saturated rings. The van der Waals surface area contributed by atoms with Gasteiger partial charge in [-0.3, -0.25) is 9.48 Å². The number of hydrogen-bond donors (Lipinski definition) is 2. The third-order valence-corrected chi connectivity index (χ3v) is 2.95. The van der Waals surface area contributed by atoms with E-state index in [4.69, 9.17) is 5.73 Å². The number of carbonyl (C=O) groups excluding carboxylic acids is 1. The molecule has 1 aromatic carbocycles. The number of amides is 1. The lowest BCUT2D eigenvalue weighted by atomic mass is 10.1. The quantitative estimate of drug-likeness (QED) is 0.877. The summed E-state index contributed by atoms with van der Waals surface area (Å²) in [5, 5.41) is 6.55. The Morgan fingerprint density at radius 2 is 2.05 bits per heavy atom. The highest BCUT2D eigenvalue weighted by molar-refractivity contribution is 5.76. The van der Waals surface area contributed by atoms with E-state index in [9.17, 15) is 13.6 Å². The van der Waals surface area contributed by atoms with E-state index in [0.717, 1.165) is 0 Å². The summed E-state index contributed by atoms with van der Waals surface area (Å²) in [6, 6.07) is 4.86. The molecule has 1 atom stereocenters. The van der Waals surface area contributed by atoms with E-state index in [-0.39, 0.29) is 24.4 Å². The molecule has 1 amide bonds. The SMILES string of the molecule is CC(Cc1c(F)cccc1F)NC(=O)Cn1ccc(N)n1. The fourth-order valence-electron chi connectivity index (χ4n) is 2.02. The molecule has 0 saturated carbocycles. The molecule has 0 aliphatic heterocycles. The fraction of sp³-hybridized carbons (Fsp3) is 0.286. The zero-order valence-electron chi connectivity index (χ0n) is 11.5. The molecule has 0 saturated heterocycles. The summed E-state index contributed by atoms with van der Waals surface area (Å²) in [4.78, 5) is 11.8. The van der Waals surface area contributed by atoms with Crippen molar-refractivity contribution in [2.75, 3.05) is 5.73 Å². The van der Waals surface area contributed by atoms with Crippen LogP contribution >= 0.6 is 0 Å². The lowest BCUT2D eigenvalue weighted by Gasteiger charge is -2.15. The number of nitrogen functional groups attached to an aromatic ring is 1. The Labute approximate surface area is 120 Å². The molecule has 0 bridgehead atoms. The first-order valence-electron chi connectivity index (χ1n) is 6.47. The third kappa shape index (κ3) is 4.01. The van der Waals surface area contributed by atoms with Gasteiger partial charge in [0.1, 0.15) is 24.0 Å². The molecule has 0 aliphatic carbocycles. The van der Waals surface area contributed by atoms with Gasteiger partial charge in [-0.25, -0.2) is 8.78 Å². The second kappa shape index (κ2) is 6.34. The lowest BCUT2D eigenvalue weighted by molar-refractivity contribution is -0.122. The van der Waals surface area contributed by atoms with Gasteiger partial charge in [0.2, 0.25) is 5.91 Å². The first kappa shape index (κ1) is 15.0.